The van der Waals surface area contributed by atoms with Crippen LogP contribution in [0.5, 0.6) is 0 Å². The number of nitrogens with zero attached hydrogens (tertiary/aromatic N) is 2. The Kier molecular flexibility index (Phi) is 5.71. The summed E-state index contributed by atoms with van der Waals surface area (Å²) in [7, 11) is 1.58. The fourth-order valence-corrected chi connectivity index (χ4v) is 4.25. The van der Waals surface area contributed by atoms with Crippen molar-refractivity contribution in [2.24, 2.45) is 0 Å². The molecule has 6 nitrogen and oxygen atoms in total. The quantitative estimate of drug-likeness (QED) is 0.272. The van der Waals surface area contributed by atoms with Gasteiger partial charge in [0.1, 0.15) is 0 Å². The number of H-pyrrole nitrogens is 1. The average molecular weight is 428 g/mol. The number of methoxy groups -OCH3 is 1. The molecule has 0 unspecified atom stereocenters. The Bertz CT molecular complexity index is 1270. The molecular formula is C21H18ClN3O3S. The number of rotatable bonds is 7. The molecule has 148 valence electrons. The van der Waals surface area contributed by atoms with Crippen LogP contribution in [-0.4, -0.2) is 39.8 Å². The number of aromatic nitrogens is 3. The first-order valence-corrected chi connectivity index (χ1v) is 10.4. The summed E-state index contributed by atoms with van der Waals surface area (Å²) in [4.78, 5) is 33.5. The number of carbonyl (C=O) groups excluding carboxylic acids is 1. The van der Waals surface area contributed by atoms with Gasteiger partial charge in [0.25, 0.3) is 5.56 Å². The molecule has 0 aliphatic heterocycles. The SMILES string of the molecule is COCCn1c(SCC(=O)c2c[nH]c3ccccc23)nc2cc(Cl)ccc2c1=O. The van der Waals surface area contributed by atoms with Gasteiger partial charge in [-0.15, -0.1) is 0 Å². The zero-order valence-electron chi connectivity index (χ0n) is 15.6. The highest BCUT2D eigenvalue weighted by molar-refractivity contribution is 7.99. The van der Waals surface area contributed by atoms with Gasteiger partial charge in [-0.25, -0.2) is 4.98 Å². The van der Waals surface area contributed by atoms with Crippen molar-refractivity contribution in [3.8, 4) is 0 Å². The predicted molar refractivity (Wildman–Crippen MR) is 116 cm³/mol. The minimum atomic E-state index is -0.175. The minimum absolute atomic E-state index is 0.0359. The van der Waals surface area contributed by atoms with Crippen LogP contribution in [-0.2, 0) is 11.3 Å². The van der Waals surface area contributed by atoms with E-state index in [2.05, 4.69) is 9.97 Å². The molecule has 29 heavy (non-hydrogen) atoms. The average Bonchev–Trinajstić information content (AvgIpc) is 3.15. The van der Waals surface area contributed by atoms with Crippen molar-refractivity contribution in [1.29, 1.82) is 0 Å². The molecule has 0 saturated heterocycles. The molecule has 2 aromatic carbocycles. The Morgan fingerprint density at radius 3 is 2.90 bits per heavy atom. The van der Waals surface area contributed by atoms with Crippen LogP contribution < -0.4 is 5.56 Å². The van der Waals surface area contributed by atoms with E-state index in [9.17, 15) is 9.59 Å². The predicted octanol–water partition coefficient (Wildman–Crippen LogP) is 4.15. The van der Waals surface area contributed by atoms with E-state index in [1.54, 1.807) is 36.1 Å². The number of para-hydroxylation sites is 1. The van der Waals surface area contributed by atoms with Crippen molar-refractivity contribution >= 4 is 51.0 Å². The Labute approximate surface area is 175 Å². The lowest BCUT2D eigenvalue weighted by Gasteiger charge is -2.12. The van der Waals surface area contributed by atoms with Gasteiger partial charge in [0.05, 0.1) is 29.8 Å². The molecule has 0 atom stereocenters. The van der Waals surface area contributed by atoms with E-state index in [1.165, 1.54) is 11.8 Å². The zero-order chi connectivity index (χ0) is 20.4. The maximum absolute atomic E-state index is 12.9. The van der Waals surface area contributed by atoms with Crippen LogP contribution in [0.15, 0.2) is 58.6 Å². The van der Waals surface area contributed by atoms with Gasteiger partial charge >= 0.3 is 0 Å². The summed E-state index contributed by atoms with van der Waals surface area (Å²) < 4.78 is 6.68. The first kappa shape index (κ1) is 19.7. The summed E-state index contributed by atoms with van der Waals surface area (Å²) in [5.41, 5.74) is 1.88. The maximum Gasteiger partial charge on any atom is 0.262 e. The molecule has 2 heterocycles. The van der Waals surface area contributed by atoms with Crippen molar-refractivity contribution in [2.45, 2.75) is 11.7 Å². The van der Waals surface area contributed by atoms with Crippen LogP contribution in [0, 0.1) is 0 Å². The molecule has 4 rings (SSSR count). The van der Waals surface area contributed by atoms with E-state index in [4.69, 9.17) is 16.3 Å². The topological polar surface area (TPSA) is 77.0 Å². The van der Waals surface area contributed by atoms with Crippen molar-refractivity contribution in [3.05, 3.63) is 69.6 Å². The van der Waals surface area contributed by atoms with Gasteiger partial charge in [0, 0.05) is 34.8 Å². The molecule has 8 heteroatoms. The number of ketones is 1. The summed E-state index contributed by atoms with van der Waals surface area (Å²) in [6.45, 7) is 0.717. The van der Waals surface area contributed by atoms with Crippen molar-refractivity contribution in [1.82, 2.24) is 14.5 Å². The molecule has 0 saturated carbocycles. The molecule has 4 aromatic rings. The van der Waals surface area contributed by atoms with Gasteiger partial charge in [0.15, 0.2) is 10.9 Å². The Morgan fingerprint density at radius 2 is 2.07 bits per heavy atom. The highest BCUT2D eigenvalue weighted by Gasteiger charge is 2.16. The lowest BCUT2D eigenvalue weighted by Crippen LogP contribution is -2.25. The van der Waals surface area contributed by atoms with Crippen LogP contribution >= 0.6 is 23.4 Å². The smallest absolute Gasteiger partial charge is 0.262 e. The second kappa shape index (κ2) is 8.41. The monoisotopic (exact) mass is 427 g/mol. The number of thioether (sulfide) groups is 1. The molecule has 0 aliphatic rings. The first-order valence-electron chi connectivity index (χ1n) is 8.99. The van der Waals surface area contributed by atoms with Crippen LogP contribution in [0.25, 0.3) is 21.8 Å². The molecule has 0 amide bonds. The van der Waals surface area contributed by atoms with Crippen LogP contribution in [0.3, 0.4) is 0 Å². The lowest BCUT2D eigenvalue weighted by molar-refractivity contribution is 0.102. The normalized spacial score (nSPS) is 11.4. The third kappa shape index (κ3) is 3.94. The third-order valence-corrected chi connectivity index (χ3v) is 5.83. The number of halogens is 1. The maximum atomic E-state index is 12.9. The van der Waals surface area contributed by atoms with E-state index < -0.39 is 0 Å². The molecule has 1 N–H and O–H groups in total. The van der Waals surface area contributed by atoms with Gasteiger partial charge in [0.2, 0.25) is 0 Å². The van der Waals surface area contributed by atoms with E-state index in [1.807, 2.05) is 24.3 Å². The van der Waals surface area contributed by atoms with Gasteiger partial charge in [-0.2, -0.15) is 0 Å². The van der Waals surface area contributed by atoms with Gasteiger partial charge in [-0.05, 0) is 24.3 Å². The summed E-state index contributed by atoms with van der Waals surface area (Å²) >= 11 is 7.30. The minimum Gasteiger partial charge on any atom is -0.383 e. The van der Waals surface area contributed by atoms with Gasteiger partial charge < -0.3 is 9.72 Å². The van der Waals surface area contributed by atoms with Crippen LogP contribution in [0.1, 0.15) is 10.4 Å². The van der Waals surface area contributed by atoms with E-state index in [0.29, 0.717) is 39.8 Å². The number of nitrogens with one attached hydrogen (secondary N) is 1. The lowest BCUT2D eigenvalue weighted by atomic mass is 10.1. The number of ether oxygens (including phenoxy) is 1. The molecule has 0 fully saturated rings. The van der Waals surface area contributed by atoms with Gasteiger partial charge in [-0.1, -0.05) is 41.6 Å². The zero-order valence-corrected chi connectivity index (χ0v) is 17.2. The number of hydrogen-bond donors (Lipinski definition) is 1. The second-order valence-electron chi connectivity index (χ2n) is 6.47. The summed E-state index contributed by atoms with van der Waals surface area (Å²) in [5, 5.41) is 2.34. The van der Waals surface area contributed by atoms with E-state index in [0.717, 1.165) is 10.9 Å². The van der Waals surface area contributed by atoms with E-state index in [-0.39, 0.29) is 17.1 Å². The number of carbonyl (C=O) groups is 1. The van der Waals surface area contributed by atoms with Crippen molar-refractivity contribution in [2.75, 3.05) is 19.5 Å². The number of fused-ring (bicyclic) bond motifs is 2. The Hall–Kier alpha value is -2.61. The number of hydrogen-bond acceptors (Lipinski definition) is 5. The first-order chi connectivity index (χ1) is 14.1. The fraction of sp³-hybridized carbons (Fsp3) is 0.190. The Morgan fingerprint density at radius 1 is 1.24 bits per heavy atom. The molecular weight excluding hydrogens is 410 g/mol. The van der Waals surface area contributed by atoms with Crippen LogP contribution in [0.4, 0.5) is 0 Å². The van der Waals surface area contributed by atoms with Gasteiger partial charge in [-0.3, -0.25) is 14.2 Å². The largest absolute Gasteiger partial charge is 0.383 e. The Balaban J connectivity index is 1.67. The summed E-state index contributed by atoms with van der Waals surface area (Å²) in [6.07, 6.45) is 1.72. The van der Waals surface area contributed by atoms with Crippen molar-refractivity contribution < 1.29 is 9.53 Å². The molecule has 0 radical (unpaired) electrons. The number of aromatic amines is 1. The number of Topliss-reactive ketones (excluding diaryl/α,β-unsaturated/α-hetero) is 1. The highest BCUT2D eigenvalue weighted by Crippen LogP contribution is 2.24. The molecule has 0 bridgehead atoms. The summed E-state index contributed by atoms with van der Waals surface area (Å²) in [5.74, 6) is 0.124. The summed E-state index contributed by atoms with van der Waals surface area (Å²) in [6, 6.07) is 12.6. The van der Waals surface area contributed by atoms with Crippen molar-refractivity contribution in [3.63, 3.8) is 0 Å². The van der Waals surface area contributed by atoms with E-state index >= 15 is 0 Å². The third-order valence-electron chi connectivity index (χ3n) is 4.62. The molecule has 0 spiro atoms. The molecule has 0 aliphatic carbocycles. The number of benzene rings is 2. The fourth-order valence-electron chi connectivity index (χ4n) is 3.17. The molecule has 2 aromatic heterocycles. The highest BCUT2D eigenvalue weighted by atomic mass is 35.5. The van der Waals surface area contributed by atoms with Crippen LogP contribution in [0.2, 0.25) is 5.02 Å². The second-order valence-corrected chi connectivity index (χ2v) is 7.84. The standard InChI is InChI=1S/C21H18ClN3O3S/c1-28-9-8-25-20(27)15-7-6-13(22)10-18(15)24-21(25)29-12-19(26)16-11-23-17-5-3-2-4-14(16)17/h2-7,10-11,23H,8-9,12H2,1H3.